The van der Waals surface area contributed by atoms with Crippen LogP contribution in [0.3, 0.4) is 0 Å². The van der Waals surface area contributed by atoms with Gasteiger partial charge in [-0.05, 0) is 12.8 Å². The fraction of sp³-hybridized carbons (Fsp3) is 1.00. The van der Waals surface area contributed by atoms with Gasteiger partial charge in [0.05, 0.1) is 7.05 Å². The monoisotopic (exact) mass is 147 g/mol. The number of hydrogen-bond donors (Lipinski definition) is 1. The van der Waals surface area contributed by atoms with Gasteiger partial charge in [0.1, 0.15) is 0 Å². The summed E-state index contributed by atoms with van der Waals surface area (Å²) in [6.45, 7) is 0.720. The number of hydroxylamine groups is 2. The van der Waals surface area contributed by atoms with Gasteiger partial charge in [-0.1, -0.05) is 0 Å². The number of hydrogen-bond acceptors (Lipinski definition) is 3. The maximum Gasteiger partial charge on any atom is 0.215 e. The molecule has 0 bridgehead atoms. The Kier molecular flexibility index (Phi) is 3.08. The van der Waals surface area contributed by atoms with Crippen LogP contribution >= 0.6 is 0 Å². The van der Waals surface area contributed by atoms with Gasteiger partial charge < -0.3 is 9.94 Å². The average molecular weight is 147 g/mol. The topological polar surface area (TPSA) is 46.0 Å². The molecule has 1 aliphatic heterocycles. The summed E-state index contributed by atoms with van der Waals surface area (Å²) in [6, 6.07) is 0. The zero-order valence-electron chi connectivity index (χ0n) is 6.13. The zero-order valence-corrected chi connectivity index (χ0v) is 6.13. The van der Waals surface area contributed by atoms with Crippen molar-refractivity contribution in [2.45, 2.75) is 25.6 Å². The summed E-state index contributed by atoms with van der Waals surface area (Å²) in [6.07, 6.45) is 2.75. The Balaban J connectivity index is 2.13. The van der Waals surface area contributed by atoms with Gasteiger partial charge >= 0.3 is 0 Å². The van der Waals surface area contributed by atoms with Crippen LogP contribution in [0, 0.1) is 5.21 Å². The van der Waals surface area contributed by atoms with Crippen molar-refractivity contribution in [2.75, 3.05) is 13.7 Å². The predicted molar refractivity (Wildman–Crippen MR) is 34.9 cm³/mol. The SMILES string of the molecule is C[NH+]([O-])OC1CCCCO1. The maximum absolute atomic E-state index is 10.4. The average Bonchev–Trinajstić information content (AvgIpc) is 1.88. The Bertz CT molecular complexity index is 91.0. The second kappa shape index (κ2) is 3.88. The van der Waals surface area contributed by atoms with E-state index in [2.05, 4.69) is 0 Å². The summed E-state index contributed by atoms with van der Waals surface area (Å²) >= 11 is 0. The molecule has 0 aromatic rings. The zero-order chi connectivity index (χ0) is 7.40. The first kappa shape index (κ1) is 7.94. The largest absolute Gasteiger partial charge is 0.600 e. The van der Waals surface area contributed by atoms with Crippen molar-refractivity contribution in [3.05, 3.63) is 5.21 Å². The molecule has 0 spiro atoms. The molecule has 0 aliphatic carbocycles. The Morgan fingerprint density at radius 1 is 1.60 bits per heavy atom. The lowest BCUT2D eigenvalue weighted by atomic mass is 10.2. The third-order valence-electron chi connectivity index (χ3n) is 1.44. The number of quaternary nitrogens is 1. The van der Waals surface area contributed by atoms with Gasteiger partial charge in [-0.15, -0.1) is 0 Å². The van der Waals surface area contributed by atoms with Crippen molar-refractivity contribution < 1.29 is 14.8 Å². The summed E-state index contributed by atoms with van der Waals surface area (Å²) in [5, 5.41) is 10.2. The molecule has 1 aliphatic rings. The summed E-state index contributed by atoms with van der Waals surface area (Å²) < 4.78 is 5.15. The van der Waals surface area contributed by atoms with Gasteiger partial charge in [-0.3, -0.25) is 0 Å². The van der Waals surface area contributed by atoms with Crippen LogP contribution in [-0.4, -0.2) is 19.9 Å². The van der Waals surface area contributed by atoms with Crippen LogP contribution in [0.1, 0.15) is 19.3 Å². The van der Waals surface area contributed by atoms with Crippen LogP contribution in [0.2, 0.25) is 0 Å². The fourth-order valence-corrected chi connectivity index (χ4v) is 0.989. The van der Waals surface area contributed by atoms with Crippen molar-refractivity contribution in [1.82, 2.24) is 0 Å². The Labute approximate surface area is 60.2 Å². The van der Waals surface area contributed by atoms with Gasteiger partial charge in [-0.2, -0.15) is 4.84 Å². The molecule has 4 heteroatoms. The summed E-state index contributed by atoms with van der Waals surface area (Å²) in [7, 11) is 1.40. The molecule has 0 radical (unpaired) electrons. The van der Waals surface area contributed by atoms with Crippen LogP contribution in [0.4, 0.5) is 0 Å². The highest BCUT2D eigenvalue weighted by atomic mass is 16.9. The van der Waals surface area contributed by atoms with E-state index < -0.39 is 0 Å². The van der Waals surface area contributed by atoms with Gasteiger partial charge in [0, 0.05) is 13.0 Å². The molecule has 1 saturated heterocycles. The second-order valence-electron chi connectivity index (χ2n) is 2.41. The predicted octanol–water partition coefficient (Wildman–Crippen LogP) is -0.543. The Hall–Kier alpha value is -0.160. The smallest absolute Gasteiger partial charge is 0.215 e. The minimum absolute atomic E-state index is 0.257. The number of ether oxygens (including phenoxy) is 1. The minimum atomic E-state index is -0.272. The molecule has 1 heterocycles. The Morgan fingerprint density at radius 2 is 2.40 bits per heavy atom. The molecule has 1 N–H and O–H groups in total. The van der Waals surface area contributed by atoms with Crippen LogP contribution < -0.4 is 5.23 Å². The molecular weight excluding hydrogens is 134 g/mol. The van der Waals surface area contributed by atoms with Crippen molar-refractivity contribution in [3.63, 3.8) is 0 Å². The quantitative estimate of drug-likeness (QED) is 0.533. The van der Waals surface area contributed by atoms with Crippen molar-refractivity contribution in [2.24, 2.45) is 0 Å². The van der Waals surface area contributed by atoms with Crippen molar-refractivity contribution >= 4 is 0 Å². The normalized spacial score (nSPS) is 30.0. The highest BCUT2D eigenvalue weighted by Crippen LogP contribution is 2.11. The lowest BCUT2D eigenvalue weighted by Crippen LogP contribution is -3.03. The lowest BCUT2D eigenvalue weighted by Gasteiger charge is -2.25. The van der Waals surface area contributed by atoms with E-state index in [1.807, 2.05) is 0 Å². The van der Waals surface area contributed by atoms with Gasteiger partial charge in [0.2, 0.25) is 6.29 Å². The second-order valence-corrected chi connectivity index (χ2v) is 2.41. The van der Waals surface area contributed by atoms with Crippen LogP contribution in [-0.2, 0) is 9.57 Å². The molecule has 60 valence electrons. The van der Waals surface area contributed by atoms with E-state index in [9.17, 15) is 5.21 Å². The van der Waals surface area contributed by atoms with E-state index in [1.54, 1.807) is 0 Å². The highest BCUT2D eigenvalue weighted by molar-refractivity contribution is 4.51. The van der Waals surface area contributed by atoms with E-state index in [0.717, 1.165) is 25.9 Å². The molecule has 0 saturated carbocycles. The number of nitrogens with one attached hydrogen (secondary N) is 1. The molecule has 0 aromatic carbocycles. The first-order valence-corrected chi connectivity index (χ1v) is 3.58. The van der Waals surface area contributed by atoms with Gasteiger partial charge in [0.15, 0.2) is 0 Å². The number of rotatable bonds is 2. The molecule has 10 heavy (non-hydrogen) atoms. The third-order valence-corrected chi connectivity index (χ3v) is 1.44. The van der Waals surface area contributed by atoms with E-state index >= 15 is 0 Å². The summed E-state index contributed by atoms with van der Waals surface area (Å²) in [5.41, 5.74) is 0. The molecule has 2 unspecified atom stereocenters. The molecule has 2 atom stereocenters. The van der Waals surface area contributed by atoms with E-state index in [0.29, 0.717) is 0 Å². The fourth-order valence-electron chi connectivity index (χ4n) is 0.989. The van der Waals surface area contributed by atoms with Crippen molar-refractivity contribution in [1.29, 1.82) is 0 Å². The minimum Gasteiger partial charge on any atom is -0.600 e. The lowest BCUT2D eigenvalue weighted by molar-refractivity contribution is -1.05. The third kappa shape index (κ3) is 2.62. The van der Waals surface area contributed by atoms with Crippen LogP contribution in [0.15, 0.2) is 0 Å². The van der Waals surface area contributed by atoms with Crippen LogP contribution in [0.25, 0.3) is 0 Å². The molecule has 1 rings (SSSR count). The first-order valence-electron chi connectivity index (χ1n) is 3.58. The Morgan fingerprint density at radius 3 is 2.90 bits per heavy atom. The summed E-state index contributed by atoms with van der Waals surface area (Å²) in [5.74, 6) is 0. The highest BCUT2D eigenvalue weighted by Gasteiger charge is 2.16. The van der Waals surface area contributed by atoms with E-state index in [-0.39, 0.29) is 11.5 Å². The van der Waals surface area contributed by atoms with Gasteiger partial charge in [0.25, 0.3) is 0 Å². The molecular formula is C6H13NO3. The first-order chi connectivity index (χ1) is 4.79. The van der Waals surface area contributed by atoms with Crippen molar-refractivity contribution in [3.8, 4) is 0 Å². The van der Waals surface area contributed by atoms with E-state index in [4.69, 9.17) is 9.57 Å². The molecule has 4 nitrogen and oxygen atoms in total. The summed E-state index contributed by atoms with van der Waals surface area (Å²) in [4.78, 5) is 4.83. The van der Waals surface area contributed by atoms with E-state index in [1.165, 1.54) is 7.05 Å². The standard InChI is InChI=1S/C6H13NO3/c1-7(8)10-6-4-2-3-5-9-6/h6-7H,2-5H2,1H3. The van der Waals surface area contributed by atoms with Crippen LogP contribution in [0.5, 0.6) is 0 Å². The molecule has 0 aromatic heterocycles. The maximum atomic E-state index is 10.4. The molecule has 0 amide bonds. The van der Waals surface area contributed by atoms with Gasteiger partial charge in [-0.25, -0.2) is 5.23 Å². The molecule has 1 fully saturated rings.